The summed E-state index contributed by atoms with van der Waals surface area (Å²) >= 11 is 0. The summed E-state index contributed by atoms with van der Waals surface area (Å²) < 4.78 is 0. The monoisotopic (exact) mass is 189 g/mol. The molecule has 0 saturated carbocycles. The number of likely N-dealkylation sites (N-methyl/N-ethyl adjacent to an activating group) is 1. The molecule has 0 saturated heterocycles. The third-order valence-electron chi connectivity index (χ3n) is 3.20. The Morgan fingerprint density at radius 3 is 3.00 bits per heavy atom. The highest BCUT2D eigenvalue weighted by molar-refractivity contribution is 5.78. The van der Waals surface area contributed by atoms with E-state index in [0.717, 1.165) is 24.8 Å². The molecule has 0 spiro atoms. The lowest BCUT2D eigenvalue weighted by Gasteiger charge is -2.32. The summed E-state index contributed by atoms with van der Waals surface area (Å²) in [6.07, 6.45) is 1.96. The second-order valence-electron chi connectivity index (χ2n) is 3.94. The molecule has 0 amide bonds. The van der Waals surface area contributed by atoms with Crippen molar-refractivity contribution in [1.29, 1.82) is 0 Å². The molecular weight excluding hydrogens is 174 g/mol. The summed E-state index contributed by atoms with van der Waals surface area (Å²) in [5.74, 6) is 0. The van der Waals surface area contributed by atoms with Crippen LogP contribution in [0.2, 0.25) is 0 Å². The van der Waals surface area contributed by atoms with E-state index in [4.69, 9.17) is 0 Å². The van der Waals surface area contributed by atoms with E-state index in [-0.39, 0.29) is 0 Å². The van der Waals surface area contributed by atoms with Crippen LogP contribution in [0, 0.1) is 0 Å². The van der Waals surface area contributed by atoms with Gasteiger partial charge in [0.25, 0.3) is 0 Å². The summed E-state index contributed by atoms with van der Waals surface area (Å²) in [7, 11) is 2.13. The molecule has 14 heavy (non-hydrogen) atoms. The first-order valence-corrected chi connectivity index (χ1v) is 5.01. The Labute approximate surface area is 84.5 Å². The minimum Gasteiger partial charge on any atom is -0.299 e. The average Bonchev–Trinajstić information content (AvgIpc) is 2.23. The molecule has 1 atom stereocenters. The van der Waals surface area contributed by atoms with Gasteiger partial charge in [-0.25, -0.2) is 0 Å². The molecule has 1 heterocycles. The van der Waals surface area contributed by atoms with Crippen molar-refractivity contribution in [2.45, 2.75) is 19.4 Å². The number of fused-ring (bicyclic) bond motifs is 1. The van der Waals surface area contributed by atoms with Crippen molar-refractivity contribution in [2.75, 3.05) is 13.6 Å². The molecule has 1 unspecified atom stereocenters. The van der Waals surface area contributed by atoms with Crippen molar-refractivity contribution in [3.8, 4) is 0 Å². The van der Waals surface area contributed by atoms with Crippen LogP contribution in [0.1, 0.15) is 34.5 Å². The SMILES string of the molecule is CC1c2cccc(C=O)c2CCN1C. The number of hydrogen-bond acceptors (Lipinski definition) is 2. The molecule has 0 aliphatic carbocycles. The van der Waals surface area contributed by atoms with Gasteiger partial charge in [-0.05, 0) is 31.5 Å². The van der Waals surface area contributed by atoms with Crippen molar-refractivity contribution in [1.82, 2.24) is 4.90 Å². The summed E-state index contributed by atoms with van der Waals surface area (Å²) in [5, 5.41) is 0. The Bertz CT molecular complexity index is 359. The minimum absolute atomic E-state index is 0.429. The molecule has 2 heteroatoms. The first-order chi connectivity index (χ1) is 6.74. The van der Waals surface area contributed by atoms with Gasteiger partial charge >= 0.3 is 0 Å². The van der Waals surface area contributed by atoms with Gasteiger partial charge in [-0.3, -0.25) is 9.69 Å². The Kier molecular flexibility index (Phi) is 2.38. The van der Waals surface area contributed by atoms with Crippen LogP contribution in [0.4, 0.5) is 0 Å². The topological polar surface area (TPSA) is 20.3 Å². The van der Waals surface area contributed by atoms with Gasteiger partial charge in [0, 0.05) is 18.2 Å². The summed E-state index contributed by atoms with van der Waals surface area (Å²) in [6.45, 7) is 3.23. The maximum absolute atomic E-state index is 10.9. The van der Waals surface area contributed by atoms with Gasteiger partial charge in [0.1, 0.15) is 6.29 Å². The van der Waals surface area contributed by atoms with E-state index in [1.807, 2.05) is 12.1 Å². The van der Waals surface area contributed by atoms with E-state index in [1.165, 1.54) is 11.1 Å². The maximum atomic E-state index is 10.9. The van der Waals surface area contributed by atoms with Crippen LogP contribution in [0.5, 0.6) is 0 Å². The number of nitrogens with zero attached hydrogens (tertiary/aromatic N) is 1. The highest BCUT2D eigenvalue weighted by Crippen LogP contribution is 2.29. The van der Waals surface area contributed by atoms with Crippen LogP contribution in [0.3, 0.4) is 0 Å². The molecule has 0 N–H and O–H groups in total. The van der Waals surface area contributed by atoms with E-state index in [1.54, 1.807) is 0 Å². The Morgan fingerprint density at radius 1 is 1.50 bits per heavy atom. The summed E-state index contributed by atoms with van der Waals surface area (Å²) in [5.41, 5.74) is 3.42. The van der Waals surface area contributed by atoms with Crippen LogP contribution >= 0.6 is 0 Å². The van der Waals surface area contributed by atoms with E-state index >= 15 is 0 Å². The molecule has 1 aliphatic heterocycles. The quantitative estimate of drug-likeness (QED) is 0.630. The smallest absolute Gasteiger partial charge is 0.150 e. The van der Waals surface area contributed by atoms with Gasteiger partial charge in [-0.1, -0.05) is 18.2 Å². The highest BCUT2D eigenvalue weighted by Gasteiger charge is 2.21. The Hall–Kier alpha value is -1.15. The predicted octanol–water partition coefficient (Wildman–Crippen LogP) is 2.05. The maximum Gasteiger partial charge on any atom is 0.150 e. The Balaban J connectivity index is 2.52. The first-order valence-electron chi connectivity index (χ1n) is 5.01. The number of aldehydes is 1. The van der Waals surface area contributed by atoms with Gasteiger partial charge in [0.05, 0.1) is 0 Å². The zero-order valence-electron chi connectivity index (χ0n) is 8.66. The minimum atomic E-state index is 0.429. The molecule has 1 aliphatic rings. The number of benzene rings is 1. The van der Waals surface area contributed by atoms with Crippen LogP contribution in [0.15, 0.2) is 18.2 Å². The Morgan fingerprint density at radius 2 is 2.29 bits per heavy atom. The van der Waals surface area contributed by atoms with Crippen molar-refractivity contribution >= 4 is 6.29 Å². The lowest BCUT2D eigenvalue weighted by Crippen LogP contribution is -2.30. The highest BCUT2D eigenvalue weighted by atomic mass is 16.1. The molecule has 0 fully saturated rings. The van der Waals surface area contributed by atoms with Crippen LogP contribution in [0.25, 0.3) is 0 Å². The van der Waals surface area contributed by atoms with Crippen LogP contribution in [-0.4, -0.2) is 24.8 Å². The van der Waals surface area contributed by atoms with Gasteiger partial charge in [0.2, 0.25) is 0 Å². The van der Waals surface area contributed by atoms with Crippen LogP contribution in [-0.2, 0) is 6.42 Å². The largest absolute Gasteiger partial charge is 0.299 e. The van der Waals surface area contributed by atoms with Gasteiger partial charge < -0.3 is 0 Å². The first kappa shape index (κ1) is 9.41. The zero-order valence-corrected chi connectivity index (χ0v) is 8.66. The number of hydrogen-bond donors (Lipinski definition) is 0. The average molecular weight is 189 g/mol. The summed E-state index contributed by atoms with van der Waals surface area (Å²) in [4.78, 5) is 13.2. The van der Waals surface area contributed by atoms with Gasteiger partial charge in [-0.2, -0.15) is 0 Å². The van der Waals surface area contributed by atoms with Crippen molar-refractivity contribution in [3.63, 3.8) is 0 Å². The second-order valence-corrected chi connectivity index (χ2v) is 3.94. The molecule has 0 aromatic heterocycles. The van der Waals surface area contributed by atoms with Crippen molar-refractivity contribution in [2.24, 2.45) is 0 Å². The third kappa shape index (κ3) is 1.36. The standard InChI is InChI=1S/C12H15NO/c1-9-11-5-3-4-10(8-14)12(11)6-7-13(9)2/h3-5,8-9H,6-7H2,1-2H3. The molecule has 74 valence electrons. The molecular formula is C12H15NO. The second kappa shape index (κ2) is 3.54. The van der Waals surface area contributed by atoms with E-state index in [2.05, 4.69) is 24.9 Å². The molecule has 2 rings (SSSR count). The van der Waals surface area contributed by atoms with Crippen molar-refractivity contribution in [3.05, 3.63) is 34.9 Å². The van der Waals surface area contributed by atoms with Crippen molar-refractivity contribution < 1.29 is 4.79 Å². The number of carbonyl (C=O) groups is 1. The van der Waals surface area contributed by atoms with Gasteiger partial charge in [-0.15, -0.1) is 0 Å². The lowest BCUT2D eigenvalue weighted by molar-refractivity contribution is 0.112. The fraction of sp³-hybridized carbons (Fsp3) is 0.417. The third-order valence-corrected chi connectivity index (χ3v) is 3.20. The normalized spacial score (nSPS) is 21.7. The van der Waals surface area contributed by atoms with E-state index < -0.39 is 0 Å². The fourth-order valence-corrected chi connectivity index (χ4v) is 2.13. The van der Waals surface area contributed by atoms with Crippen LogP contribution < -0.4 is 0 Å². The molecule has 0 bridgehead atoms. The molecule has 2 nitrogen and oxygen atoms in total. The number of carbonyl (C=O) groups excluding carboxylic acids is 1. The summed E-state index contributed by atoms with van der Waals surface area (Å²) in [6, 6.07) is 6.43. The molecule has 1 aromatic rings. The van der Waals surface area contributed by atoms with Gasteiger partial charge in [0.15, 0.2) is 0 Å². The fourth-order valence-electron chi connectivity index (χ4n) is 2.13. The zero-order chi connectivity index (χ0) is 10.1. The molecule has 1 aromatic carbocycles. The van der Waals surface area contributed by atoms with E-state index in [0.29, 0.717) is 6.04 Å². The lowest BCUT2D eigenvalue weighted by atomic mass is 9.90. The predicted molar refractivity (Wildman–Crippen MR) is 56.6 cm³/mol. The molecule has 0 radical (unpaired) electrons. The number of rotatable bonds is 1. The van der Waals surface area contributed by atoms with E-state index in [9.17, 15) is 4.79 Å².